The Morgan fingerprint density at radius 1 is 1.41 bits per heavy atom. The molecule has 0 unspecified atom stereocenters. The third-order valence-electron chi connectivity index (χ3n) is 4.29. The van der Waals surface area contributed by atoms with E-state index >= 15 is 0 Å². The highest BCUT2D eigenvalue weighted by Crippen LogP contribution is 2.47. The van der Waals surface area contributed by atoms with Gasteiger partial charge in [0.15, 0.2) is 0 Å². The highest BCUT2D eigenvalue weighted by molar-refractivity contribution is 5.82. The zero-order chi connectivity index (χ0) is 15.4. The lowest BCUT2D eigenvalue weighted by molar-refractivity contribution is -0.122. The summed E-state index contributed by atoms with van der Waals surface area (Å²) in [7, 11) is 0. The van der Waals surface area contributed by atoms with Gasteiger partial charge in [0, 0.05) is 43.8 Å². The number of aromatic nitrogens is 3. The van der Waals surface area contributed by atoms with E-state index in [9.17, 15) is 4.79 Å². The van der Waals surface area contributed by atoms with Crippen LogP contribution in [0, 0.1) is 12.8 Å². The molecular weight excluding hydrogens is 276 g/mol. The van der Waals surface area contributed by atoms with E-state index in [1.165, 1.54) is 5.56 Å². The summed E-state index contributed by atoms with van der Waals surface area (Å²) in [5.74, 6) is 1.73. The number of imidazole rings is 1. The quantitative estimate of drug-likeness (QED) is 0.798. The van der Waals surface area contributed by atoms with Crippen molar-refractivity contribution in [2.24, 2.45) is 5.92 Å². The maximum Gasteiger partial charge on any atom is 0.223 e. The lowest BCUT2D eigenvalue weighted by Crippen LogP contribution is -2.26. The second kappa shape index (κ2) is 6.73. The van der Waals surface area contributed by atoms with Gasteiger partial charge in [0.2, 0.25) is 5.91 Å². The summed E-state index contributed by atoms with van der Waals surface area (Å²) in [6.07, 6.45) is 10.4. The Balaban J connectivity index is 1.33. The molecule has 2 aromatic heterocycles. The number of nitrogens with zero attached hydrogens (tertiary/aromatic N) is 3. The summed E-state index contributed by atoms with van der Waals surface area (Å²) in [6, 6.07) is 3.99. The fraction of sp³-hybridized carbons (Fsp3) is 0.471. The highest BCUT2D eigenvalue weighted by atomic mass is 16.2. The predicted octanol–water partition coefficient (Wildman–Crippen LogP) is 2.29. The summed E-state index contributed by atoms with van der Waals surface area (Å²) in [4.78, 5) is 20.4. The lowest BCUT2D eigenvalue weighted by atomic mass is 10.1. The first-order valence-electron chi connectivity index (χ1n) is 7.91. The molecule has 1 fully saturated rings. The Bertz CT molecular complexity index is 623. The van der Waals surface area contributed by atoms with Crippen LogP contribution in [-0.2, 0) is 11.3 Å². The largest absolute Gasteiger partial charge is 0.356 e. The third kappa shape index (κ3) is 3.53. The number of aryl methyl sites for hydroxylation is 2. The Morgan fingerprint density at radius 3 is 3.05 bits per heavy atom. The molecule has 0 radical (unpaired) electrons. The Morgan fingerprint density at radius 2 is 2.32 bits per heavy atom. The van der Waals surface area contributed by atoms with Crippen LogP contribution < -0.4 is 5.32 Å². The number of amides is 1. The molecule has 2 heterocycles. The summed E-state index contributed by atoms with van der Waals surface area (Å²) < 4.78 is 2.14. The minimum Gasteiger partial charge on any atom is -0.356 e. The maximum absolute atomic E-state index is 12.1. The molecule has 0 spiro atoms. The Hall–Kier alpha value is -2.17. The first-order valence-corrected chi connectivity index (χ1v) is 7.91. The van der Waals surface area contributed by atoms with Crippen LogP contribution in [0.25, 0.3) is 0 Å². The third-order valence-corrected chi connectivity index (χ3v) is 4.29. The predicted molar refractivity (Wildman–Crippen MR) is 84.3 cm³/mol. The van der Waals surface area contributed by atoms with E-state index in [1.807, 2.05) is 31.6 Å². The maximum atomic E-state index is 12.1. The van der Waals surface area contributed by atoms with E-state index in [0.717, 1.165) is 38.2 Å². The molecular formula is C17H22N4O. The van der Waals surface area contributed by atoms with Crippen molar-refractivity contribution in [1.29, 1.82) is 0 Å². The van der Waals surface area contributed by atoms with Gasteiger partial charge in [-0.05, 0) is 43.7 Å². The van der Waals surface area contributed by atoms with E-state index in [-0.39, 0.29) is 11.8 Å². The van der Waals surface area contributed by atoms with E-state index in [4.69, 9.17) is 0 Å². The van der Waals surface area contributed by atoms with Crippen molar-refractivity contribution in [3.8, 4) is 0 Å². The standard InChI is InChI=1S/C17H22N4O/c1-13-19-8-10-21(13)9-3-2-7-20-17(22)16-11-15(16)14-5-4-6-18-12-14/h4-6,8,10,12,15-16H,2-3,7,9,11H2,1H3,(H,20,22)/t15-,16-/m0/s1. The van der Waals surface area contributed by atoms with Crippen LogP contribution in [0.2, 0.25) is 0 Å². The number of pyridine rings is 1. The molecule has 2 atom stereocenters. The van der Waals surface area contributed by atoms with Crippen LogP contribution in [0.4, 0.5) is 0 Å². The molecule has 1 aliphatic carbocycles. The molecule has 0 bridgehead atoms. The van der Waals surface area contributed by atoms with Gasteiger partial charge in [-0.1, -0.05) is 6.07 Å². The van der Waals surface area contributed by atoms with Gasteiger partial charge in [0.25, 0.3) is 0 Å². The van der Waals surface area contributed by atoms with Crippen molar-refractivity contribution in [2.45, 2.75) is 38.6 Å². The number of nitrogens with one attached hydrogen (secondary N) is 1. The van der Waals surface area contributed by atoms with Crippen molar-refractivity contribution < 1.29 is 4.79 Å². The number of carbonyl (C=O) groups excluding carboxylic acids is 1. The molecule has 22 heavy (non-hydrogen) atoms. The smallest absolute Gasteiger partial charge is 0.223 e. The molecule has 3 rings (SSSR count). The van der Waals surface area contributed by atoms with E-state index in [2.05, 4.69) is 25.9 Å². The van der Waals surface area contributed by atoms with Gasteiger partial charge in [0.05, 0.1) is 0 Å². The summed E-state index contributed by atoms with van der Waals surface area (Å²) in [5.41, 5.74) is 1.18. The second-order valence-electron chi connectivity index (χ2n) is 5.90. The first kappa shape index (κ1) is 14.8. The SMILES string of the molecule is Cc1nccn1CCCCNC(=O)[C@H]1C[C@H]1c1cccnc1. The Labute approximate surface area is 130 Å². The monoisotopic (exact) mass is 298 g/mol. The number of unbranched alkanes of at least 4 members (excludes halogenated alkanes) is 1. The van der Waals surface area contributed by atoms with Gasteiger partial charge < -0.3 is 9.88 Å². The second-order valence-corrected chi connectivity index (χ2v) is 5.90. The molecule has 116 valence electrons. The number of hydrogen-bond donors (Lipinski definition) is 1. The summed E-state index contributed by atoms with van der Waals surface area (Å²) >= 11 is 0. The minimum absolute atomic E-state index is 0.139. The van der Waals surface area contributed by atoms with Gasteiger partial charge in [-0.25, -0.2) is 4.98 Å². The van der Waals surface area contributed by atoms with Crippen LogP contribution in [0.1, 0.15) is 36.6 Å². The molecule has 1 saturated carbocycles. The van der Waals surface area contributed by atoms with Crippen LogP contribution in [0.15, 0.2) is 36.9 Å². The molecule has 0 aromatic carbocycles. The van der Waals surface area contributed by atoms with Crippen LogP contribution in [0.5, 0.6) is 0 Å². The average Bonchev–Trinajstić information content (AvgIpc) is 3.25. The van der Waals surface area contributed by atoms with Crippen molar-refractivity contribution in [3.63, 3.8) is 0 Å². The number of rotatable bonds is 7. The zero-order valence-corrected chi connectivity index (χ0v) is 12.9. The van der Waals surface area contributed by atoms with E-state index in [1.54, 1.807) is 6.20 Å². The van der Waals surface area contributed by atoms with Gasteiger partial charge in [-0.2, -0.15) is 0 Å². The molecule has 5 heteroatoms. The minimum atomic E-state index is 0.139. The molecule has 2 aromatic rings. The number of carbonyl (C=O) groups is 1. The highest BCUT2D eigenvalue weighted by Gasteiger charge is 2.43. The molecule has 1 N–H and O–H groups in total. The van der Waals surface area contributed by atoms with Crippen LogP contribution in [0.3, 0.4) is 0 Å². The summed E-state index contributed by atoms with van der Waals surface area (Å²) in [6.45, 7) is 3.72. The molecule has 1 amide bonds. The summed E-state index contributed by atoms with van der Waals surface area (Å²) in [5, 5.41) is 3.05. The van der Waals surface area contributed by atoms with Crippen LogP contribution >= 0.6 is 0 Å². The van der Waals surface area contributed by atoms with Crippen molar-refractivity contribution in [2.75, 3.05) is 6.54 Å². The Kier molecular flexibility index (Phi) is 4.51. The fourth-order valence-corrected chi connectivity index (χ4v) is 2.84. The van der Waals surface area contributed by atoms with Crippen LogP contribution in [-0.4, -0.2) is 27.0 Å². The fourth-order valence-electron chi connectivity index (χ4n) is 2.84. The average molecular weight is 298 g/mol. The van der Waals surface area contributed by atoms with Crippen molar-refractivity contribution >= 4 is 5.91 Å². The zero-order valence-electron chi connectivity index (χ0n) is 12.9. The van der Waals surface area contributed by atoms with E-state index < -0.39 is 0 Å². The van der Waals surface area contributed by atoms with Gasteiger partial charge in [-0.3, -0.25) is 9.78 Å². The first-order chi connectivity index (χ1) is 10.8. The van der Waals surface area contributed by atoms with Gasteiger partial charge in [0.1, 0.15) is 5.82 Å². The molecule has 0 aliphatic heterocycles. The molecule has 1 aliphatic rings. The van der Waals surface area contributed by atoms with Crippen molar-refractivity contribution in [1.82, 2.24) is 19.9 Å². The normalized spacial score (nSPS) is 19.9. The topological polar surface area (TPSA) is 59.8 Å². The molecule has 5 nitrogen and oxygen atoms in total. The molecule has 0 saturated heterocycles. The van der Waals surface area contributed by atoms with Gasteiger partial charge in [-0.15, -0.1) is 0 Å². The number of hydrogen-bond acceptors (Lipinski definition) is 3. The lowest BCUT2D eigenvalue weighted by Gasteiger charge is -2.07. The van der Waals surface area contributed by atoms with Gasteiger partial charge >= 0.3 is 0 Å². The van der Waals surface area contributed by atoms with Crippen molar-refractivity contribution in [3.05, 3.63) is 48.3 Å². The van der Waals surface area contributed by atoms with E-state index in [0.29, 0.717) is 5.92 Å².